The molecule has 0 atom stereocenters. The van der Waals surface area contributed by atoms with E-state index in [1.165, 1.54) is 0 Å². The number of hydrogen-bond donors (Lipinski definition) is 2. The summed E-state index contributed by atoms with van der Waals surface area (Å²) in [6.45, 7) is 5.96. The highest BCUT2D eigenvalue weighted by atomic mass is 16.3. The highest BCUT2D eigenvalue weighted by Gasteiger charge is 2.14. The zero-order chi connectivity index (χ0) is 11.4. The van der Waals surface area contributed by atoms with Crippen LogP contribution in [0.4, 0.5) is 0 Å². The van der Waals surface area contributed by atoms with Crippen molar-refractivity contribution >= 4 is 5.91 Å². The molecule has 0 aliphatic carbocycles. The van der Waals surface area contributed by atoms with Gasteiger partial charge in [0.2, 0.25) is 5.91 Å². The largest absolute Gasteiger partial charge is 0.394 e. The van der Waals surface area contributed by atoms with Gasteiger partial charge in [-0.25, -0.2) is 0 Å². The van der Waals surface area contributed by atoms with Gasteiger partial charge in [0.1, 0.15) is 0 Å². The van der Waals surface area contributed by atoms with Gasteiger partial charge in [-0.15, -0.1) is 6.58 Å². The molecule has 0 aromatic rings. The minimum absolute atomic E-state index is 0.125. The molecule has 1 heterocycles. The van der Waals surface area contributed by atoms with Gasteiger partial charge in [0.25, 0.3) is 0 Å². The summed E-state index contributed by atoms with van der Waals surface area (Å²) in [5, 5.41) is 15.2. The number of aliphatic hydroxyl groups is 2. The molecule has 4 heteroatoms. The Hall–Kier alpha value is -0.870. The van der Waals surface area contributed by atoms with Crippen molar-refractivity contribution in [2.75, 3.05) is 26.8 Å². The number of carbonyl (C=O) groups is 1. The van der Waals surface area contributed by atoms with E-state index < -0.39 is 0 Å². The van der Waals surface area contributed by atoms with Gasteiger partial charge in [0, 0.05) is 20.0 Å². The minimum atomic E-state index is -0.125. The van der Waals surface area contributed by atoms with Gasteiger partial charge in [-0.2, -0.15) is 0 Å². The van der Waals surface area contributed by atoms with E-state index in [9.17, 15) is 4.79 Å². The van der Waals surface area contributed by atoms with E-state index in [4.69, 9.17) is 10.2 Å². The molecule has 1 rings (SSSR count). The van der Waals surface area contributed by atoms with Crippen molar-refractivity contribution in [1.29, 1.82) is 0 Å². The van der Waals surface area contributed by atoms with Gasteiger partial charge in [0.05, 0.1) is 13.2 Å². The van der Waals surface area contributed by atoms with Crippen molar-refractivity contribution in [2.45, 2.75) is 19.8 Å². The molecular weight excluding hydrogens is 182 g/mol. The van der Waals surface area contributed by atoms with Gasteiger partial charge in [0.15, 0.2) is 0 Å². The summed E-state index contributed by atoms with van der Waals surface area (Å²) in [6.07, 6.45) is 3.56. The van der Waals surface area contributed by atoms with E-state index in [1.54, 1.807) is 11.0 Å². The fraction of sp³-hybridized carbons (Fsp3) is 0.700. The van der Waals surface area contributed by atoms with Gasteiger partial charge >= 0.3 is 0 Å². The lowest BCUT2D eigenvalue weighted by molar-refractivity contribution is -0.126. The van der Waals surface area contributed by atoms with E-state index in [0.29, 0.717) is 5.91 Å². The molecule has 0 bridgehead atoms. The summed E-state index contributed by atoms with van der Waals surface area (Å²) >= 11 is 0. The monoisotopic (exact) mass is 203 g/mol. The fourth-order valence-corrected chi connectivity index (χ4v) is 0.783. The number of rotatable bonds is 1. The topological polar surface area (TPSA) is 60.8 Å². The Bertz CT molecular complexity index is 146. The Morgan fingerprint density at radius 3 is 2.00 bits per heavy atom. The van der Waals surface area contributed by atoms with Crippen LogP contribution in [0.25, 0.3) is 0 Å². The zero-order valence-corrected chi connectivity index (χ0v) is 9.07. The summed E-state index contributed by atoms with van der Waals surface area (Å²) in [5.74, 6) is 0.292. The summed E-state index contributed by atoms with van der Waals surface area (Å²) in [4.78, 5) is 12.3. The lowest BCUT2D eigenvalue weighted by atomic mass is 10.4. The van der Waals surface area contributed by atoms with Crippen LogP contribution in [-0.4, -0.2) is 47.8 Å². The number of hydrogen-bond acceptors (Lipinski definition) is 3. The maximum atomic E-state index is 10.5. The van der Waals surface area contributed by atoms with Crippen LogP contribution in [0.2, 0.25) is 0 Å². The Morgan fingerprint density at radius 1 is 1.50 bits per heavy atom. The predicted octanol–water partition coefficient (Wildman–Crippen LogP) is 0.402. The molecule has 0 radical (unpaired) electrons. The van der Waals surface area contributed by atoms with Crippen molar-refractivity contribution in [2.24, 2.45) is 0 Å². The Labute approximate surface area is 85.8 Å². The third-order valence-electron chi connectivity index (χ3n) is 1.41. The summed E-state index contributed by atoms with van der Waals surface area (Å²) in [7, 11) is 1.84. The lowest BCUT2D eigenvalue weighted by Gasteiger charge is -2.03. The van der Waals surface area contributed by atoms with Crippen LogP contribution in [-0.2, 0) is 4.79 Å². The van der Waals surface area contributed by atoms with Crippen LogP contribution in [0.15, 0.2) is 12.7 Å². The average Bonchev–Trinajstić information content (AvgIpc) is 2.53. The normalized spacial score (nSPS) is 13.7. The molecule has 0 spiro atoms. The first-order valence-corrected chi connectivity index (χ1v) is 4.66. The highest BCUT2D eigenvalue weighted by molar-refractivity contribution is 5.77. The third-order valence-corrected chi connectivity index (χ3v) is 1.41. The van der Waals surface area contributed by atoms with E-state index in [2.05, 4.69) is 6.58 Å². The molecule has 1 aliphatic rings. The lowest BCUT2D eigenvalue weighted by Crippen LogP contribution is -2.17. The molecular formula is C10H21NO3. The Morgan fingerprint density at radius 2 is 1.93 bits per heavy atom. The summed E-state index contributed by atoms with van der Waals surface area (Å²) < 4.78 is 0. The van der Waals surface area contributed by atoms with Crippen molar-refractivity contribution in [3.8, 4) is 0 Å². The molecule has 0 aromatic carbocycles. The SMILES string of the molecule is C=CC.CN1CCCC1=O.OCCO. The van der Waals surface area contributed by atoms with Gasteiger partial charge < -0.3 is 15.1 Å². The predicted molar refractivity (Wildman–Crippen MR) is 56.9 cm³/mol. The number of carbonyl (C=O) groups excluding carboxylic acids is 1. The molecule has 4 nitrogen and oxygen atoms in total. The maximum absolute atomic E-state index is 10.5. The summed E-state index contributed by atoms with van der Waals surface area (Å²) in [6, 6.07) is 0. The number of likely N-dealkylation sites (tertiary alicyclic amines) is 1. The Balaban J connectivity index is 0. The molecule has 0 unspecified atom stereocenters. The van der Waals surface area contributed by atoms with Gasteiger partial charge in [-0.3, -0.25) is 4.79 Å². The van der Waals surface area contributed by atoms with E-state index in [1.807, 2.05) is 14.0 Å². The first kappa shape index (κ1) is 15.6. The van der Waals surface area contributed by atoms with Crippen LogP contribution in [0, 0.1) is 0 Å². The van der Waals surface area contributed by atoms with Crippen LogP contribution < -0.4 is 0 Å². The van der Waals surface area contributed by atoms with Gasteiger partial charge in [-0.1, -0.05) is 6.08 Å². The third kappa shape index (κ3) is 11.1. The quantitative estimate of drug-likeness (QED) is 0.606. The fourth-order valence-electron chi connectivity index (χ4n) is 0.783. The second kappa shape index (κ2) is 12.1. The number of amides is 1. The smallest absolute Gasteiger partial charge is 0.222 e. The molecule has 1 saturated heterocycles. The molecule has 14 heavy (non-hydrogen) atoms. The molecule has 1 aliphatic heterocycles. The van der Waals surface area contributed by atoms with Crippen molar-refractivity contribution in [1.82, 2.24) is 4.90 Å². The zero-order valence-electron chi connectivity index (χ0n) is 9.07. The summed E-state index contributed by atoms with van der Waals surface area (Å²) in [5.41, 5.74) is 0. The van der Waals surface area contributed by atoms with E-state index in [0.717, 1.165) is 19.4 Å². The molecule has 0 saturated carbocycles. The van der Waals surface area contributed by atoms with E-state index in [-0.39, 0.29) is 13.2 Å². The molecule has 1 amide bonds. The minimum Gasteiger partial charge on any atom is -0.394 e. The standard InChI is InChI=1S/C5H9NO.C3H6.C2H6O2/c1-6-4-2-3-5(6)7;1-3-2;3-1-2-4/h2-4H2,1H3;3H,1H2,2H3;3-4H,1-2H2. The van der Waals surface area contributed by atoms with Crippen LogP contribution in [0.1, 0.15) is 19.8 Å². The second-order valence-electron chi connectivity index (χ2n) is 2.77. The first-order valence-electron chi connectivity index (χ1n) is 4.66. The van der Waals surface area contributed by atoms with Crippen molar-refractivity contribution in [3.63, 3.8) is 0 Å². The Kier molecular flexibility index (Phi) is 13.5. The van der Waals surface area contributed by atoms with Crippen LogP contribution >= 0.6 is 0 Å². The number of allylic oxidation sites excluding steroid dienone is 1. The van der Waals surface area contributed by atoms with Crippen molar-refractivity contribution in [3.05, 3.63) is 12.7 Å². The average molecular weight is 203 g/mol. The van der Waals surface area contributed by atoms with Crippen LogP contribution in [0.5, 0.6) is 0 Å². The molecule has 84 valence electrons. The molecule has 1 fully saturated rings. The maximum Gasteiger partial charge on any atom is 0.222 e. The van der Waals surface area contributed by atoms with Crippen molar-refractivity contribution < 1.29 is 15.0 Å². The first-order chi connectivity index (χ1) is 6.63. The number of nitrogens with zero attached hydrogens (tertiary/aromatic N) is 1. The highest BCUT2D eigenvalue weighted by Crippen LogP contribution is 2.04. The number of aliphatic hydroxyl groups excluding tert-OH is 2. The van der Waals surface area contributed by atoms with Gasteiger partial charge in [-0.05, 0) is 13.3 Å². The molecule has 0 aromatic heterocycles. The molecule has 2 N–H and O–H groups in total. The van der Waals surface area contributed by atoms with Crippen LogP contribution in [0.3, 0.4) is 0 Å². The second-order valence-corrected chi connectivity index (χ2v) is 2.77. The van der Waals surface area contributed by atoms with E-state index >= 15 is 0 Å².